The highest BCUT2D eigenvalue weighted by atomic mass is 16.5. The summed E-state index contributed by atoms with van der Waals surface area (Å²) in [5, 5.41) is 9.81. The fourth-order valence-corrected chi connectivity index (χ4v) is 2.53. The van der Waals surface area contributed by atoms with E-state index >= 15 is 0 Å². The average molecular weight is 399 g/mol. The standard InChI is InChI=1S/C22H30N4O3/c1-15(2)16-9-8-10-17(11-16)22(6,7)25-20(28)24-18-12-23-26(13-18)14-29-19(27)21(3,4)5/h8-13H,1,14H2,2-7H3,(H2,24,25,28). The zero-order valence-corrected chi connectivity index (χ0v) is 18.0. The van der Waals surface area contributed by atoms with Crippen LogP contribution in [0, 0.1) is 5.41 Å². The van der Waals surface area contributed by atoms with Gasteiger partial charge in [0.25, 0.3) is 0 Å². The second kappa shape index (κ2) is 8.51. The lowest BCUT2D eigenvalue weighted by atomic mass is 9.92. The van der Waals surface area contributed by atoms with Gasteiger partial charge in [0.05, 0.1) is 29.0 Å². The molecule has 0 radical (unpaired) electrons. The Morgan fingerprint density at radius 2 is 1.90 bits per heavy atom. The number of benzene rings is 1. The first kappa shape index (κ1) is 22.2. The molecule has 156 valence electrons. The fraction of sp³-hybridized carbons (Fsp3) is 0.409. The molecular weight excluding hydrogens is 368 g/mol. The van der Waals surface area contributed by atoms with E-state index in [0.29, 0.717) is 5.69 Å². The van der Waals surface area contributed by atoms with Crippen molar-refractivity contribution in [1.82, 2.24) is 15.1 Å². The van der Waals surface area contributed by atoms with Gasteiger partial charge in [0.1, 0.15) is 0 Å². The molecular formula is C22H30N4O3. The number of aromatic nitrogens is 2. The van der Waals surface area contributed by atoms with Gasteiger partial charge in [-0.2, -0.15) is 5.10 Å². The Labute approximate surface area is 172 Å². The Kier molecular flexibility index (Phi) is 6.51. The molecule has 7 heteroatoms. The number of anilines is 1. The third-order valence-electron chi connectivity index (χ3n) is 4.33. The summed E-state index contributed by atoms with van der Waals surface area (Å²) < 4.78 is 6.65. The summed E-state index contributed by atoms with van der Waals surface area (Å²) in [6.07, 6.45) is 3.10. The van der Waals surface area contributed by atoms with Crippen molar-refractivity contribution in [1.29, 1.82) is 0 Å². The molecule has 7 nitrogen and oxygen atoms in total. The highest BCUT2D eigenvalue weighted by Gasteiger charge is 2.24. The van der Waals surface area contributed by atoms with Crippen molar-refractivity contribution in [3.63, 3.8) is 0 Å². The largest absolute Gasteiger partial charge is 0.442 e. The lowest BCUT2D eigenvalue weighted by Gasteiger charge is -2.27. The lowest BCUT2D eigenvalue weighted by molar-refractivity contribution is -0.157. The van der Waals surface area contributed by atoms with Crippen LogP contribution in [0.3, 0.4) is 0 Å². The number of hydrogen-bond donors (Lipinski definition) is 2. The predicted molar refractivity (Wildman–Crippen MR) is 114 cm³/mol. The third-order valence-corrected chi connectivity index (χ3v) is 4.33. The zero-order valence-electron chi connectivity index (χ0n) is 18.0. The van der Waals surface area contributed by atoms with Gasteiger partial charge < -0.3 is 15.4 Å². The van der Waals surface area contributed by atoms with Gasteiger partial charge in [-0.3, -0.25) is 4.79 Å². The maximum Gasteiger partial charge on any atom is 0.320 e. The second-order valence-electron chi connectivity index (χ2n) is 8.64. The third kappa shape index (κ3) is 6.20. The van der Waals surface area contributed by atoms with E-state index < -0.39 is 11.0 Å². The van der Waals surface area contributed by atoms with Crippen LogP contribution in [-0.4, -0.2) is 21.8 Å². The maximum absolute atomic E-state index is 12.5. The van der Waals surface area contributed by atoms with Crippen molar-refractivity contribution in [2.45, 2.75) is 53.8 Å². The number of nitrogens with zero attached hydrogens (tertiary/aromatic N) is 2. The van der Waals surface area contributed by atoms with E-state index in [1.54, 1.807) is 27.0 Å². The van der Waals surface area contributed by atoms with Crippen LogP contribution in [0.25, 0.3) is 5.57 Å². The Morgan fingerprint density at radius 3 is 2.52 bits per heavy atom. The Bertz CT molecular complexity index is 907. The normalized spacial score (nSPS) is 11.7. The molecule has 0 atom stereocenters. The summed E-state index contributed by atoms with van der Waals surface area (Å²) in [5.41, 5.74) is 2.30. The van der Waals surface area contributed by atoms with Crippen LogP contribution in [0.5, 0.6) is 0 Å². The monoisotopic (exact) mass is 398 g/mol. The number of urea groups is 1. The molecule has 0 unspecified atom stereocenters. The van der Waals surface area contributed by atoms with Crippen LogP contribution < -0.4 is 10.6 Å². The van der Waals surface area contributed by atoms with E-state index in [0.717, 1.165) is 16.7 Å². The number of ether oxygens (including phenoxy) is 1. The van der Waals surface area contributed by atoms with Crippen molar-refractivity contribution in [2.75, 3.05) is 5.32 Å². The molecule has 1 aromatic heterocycles. The summed E-state index contributed by atoms with van der Waals surface area (Å²) in [7, 11) is 0. The number of carbonyl (C=O) groups excluding carboxylic acids is 2. The van der Waals surface area contributed by atoms with E-state index in [4.69, 9.17) is 4.74 Å². The molecule has 0 bridgehead atoms. The van der Waals surface area contributed by atoms with Crippen LogP contribution in [0.2, 0.25) is 0 Å². The molecule has 0 aliphatic heterocycles. The molecule has 2 rings (SSSR count). The van der Waals surface area contributed by atoms with E-state index in [1.165, 1.54) is 10.9 Å². The molecule has 2 amide bonds. The molecule has 2 aromatic rings. The average Bonchev–Trinajstić information content (AvgIpc) is 3.05. The van der Waals surface area contributed by atoms with Crippen molar-refractivity contribution in [2.24, 2.45) is 5.41 Å². The Hall–Kier alpha value is -3.09. The number of rotatable bonds is 6. The first-order chi connectivity index (χ1) is 13.4. The van der Waals surface area contributed by atoms with Crippen LogP contribution >= 0.6 is 0 Å². The summed E-state index contributed by atoms with van der Waals surface area (Å²) in [6.45, 7) is 15.1. The first-order valence-corrected chi connectivity index (χ1v) is 9.44. The number of allylic oxidation sites excluding steroid dienone is 1. The van der Waals surface area contributed by atoms with Gasteiger partial charge >= 0.3 is 12.0 Å². The smallest absolute Gasteiger partial charge is 0.320 e. The van der Waals surface area contributed by atoms with Crippen LogP contribution in [0.15, 0.2) is 43.2 Å². The van der Waals surface area contributed by atoms with Crippen LogP contribution in [0.1, 0.15) is 52.7 Å². The molecule has 0 aliphatic carbocycles. The zero-order chi connectivity index (χ0) is 21.8. The van der Waals surface area contributed by atoms with Gasteiger partial charge in [-0.15, -0.1) is 0 Å². The lowest BCUT2D eigenvalue weighted by Crippen LogP contribution is -2.43. The topological polar surface area (TPSA) is 85.2 Å². The molecule has 0 aliphatic rings. The second-order valence-corrected chi connectivity index (χ2v) is 8.64. The molecule has 0 spiro atoms. The number of hydrogen-bond acceptors (Lipinski definition) is 4. The molecule has 29 heavy (non-hydrogen) atoms. The van der Waals surface area contributed by atoms with Gasteiger partial charge in [-0.25, -0.2) is 9.48 Å². The SMILES string of the molecule is C=C(C)c1cccc(C(C)(C)NC(=O)Nc2cnn(COC(=O)C(C)(C)C)c2)c1. The molecule has 1 aromatic carbocycles. The van der Waals surface area contributed by atoms with Gasteiger partial charge in [-0.1, -0.05) is 30.4 Å². The van der Waals surface area contributed by atoms with Crippen molar-refractivity contribution in [3.8, 4) is 0 Å². The van der Waals surface area contributed by atoms with Crippen molar-refractivity contribution >= 4 is 23.3 Å². The highest BCUT2D eigenvalue weighted by Crippen LogP contribution is 2.23. The van der Waals surface area contributed by atoms with E-state index in [9.17, 15) is 9.59 Å². The number of carbonyl (C=O) groups is 2. The molecule has 0 fully saturated rings. The van der Waals surface area contributed by atoms with Gasteiger partial charge in [0.2, 0.25) is 0 Å². The molecule has 0 saturated heterocycles. The van der Waals surface area contributed by atoms with Crippen molar-refractivity contribution < 1.29 is 14.3 Å². The summed E-state index contributed by atoms with van der Waals surface area (Å²) in [4.78, 5) is 24.3. The predicted octanol–water partition coefficient (Wildman–Crippen LogP) is 4.52. The summed E-state index contributed by atoms with van der Waals surface area (Å²) >= 11 is 0. The minimum Gasteiger partial charge on any atom is -0.442 e. The summed E-state index contributed by atoms with van der Waals surface area (Å²) in [6, 6.07) is 7.56. The fourth-order valence-electron chi connectivity index (χ4n) is 2.53. The number of nitrogens with one attached hydrogen (secondary N) is 2. The number of esters is 1. The molecule has 2 N–H and O–H groups in total. The minimum atomic E-state index is -0.590. The van der Waals surface area contributed by atoms with E-state index in [2.05, 4.69) is 22.3 Å². The van der Waals surface area contributed by atoms with Gasteiger partial charge in [0, 0.05) is 0 Å². The Balaban J connectivity index is 1.97. The Morgan fingerprint density at radius 1 is 1.21 bits per heavy atom. The van der Waals surface area contributed by atoms with E-state index in [1.807, 2.05) is 45.0 Å². The first-order valence-electron chi connectivity index (χ1n) is 9.44. The van der Waals surface area contributed by atoms with Gasteiger partial charge in [0.15, 0.2) is 6.73 Å². The summed E-state index contributed by atoms with van der Waals surface area (Å²) in [5.74, 6) is -0.320. The molecule has 1 heterocycles. The number of amides is 2. The quantitative estimate of drug-likeness (QED) is 0.701. The van der Waals surface area contributed by atoms with Crippen molar-refractivity contribution in [3.05, 3.63) is 54.4 Å². The van der Waals surface area contributed by atoms with Crippen LogP contribution in [0.4, 0.5) is 10.5 Å². The maximum atomic E-state index is 12.5. The minimum absolute atomic E-state index is 0.0153. The van der Waals surface area contributed by atoms with E-state index in [-0.39, 0.29) is 18.7 Å². The van der Waals surface area contributed by atoms with Crippen LogP contribution in [-0.2, 0) is 21.8 Å². The van der Waals surface area contributed by atoms with Gasteiger partial charge in [-0.05, 0) is 58.7 Å². The molecule has 0 saturated carbocycles. The highest BCUT2D eigenvalue weighted by molar-refractivity contribution is 5.89.